The van der Waals surface area contributed by atoms with Crippen LogP contribution in [0.1, 0.15) is 5.56 Å². The number of aryl methyl sites for hydroxylation is 1. The van der Waals surface area contributed by atoms with Gasteiger partial charge in [-0.15, -0.1) is 0 Å². The summed E-state index contributed by atoms with van der Waals surface area (Å²) in [4.78, 5) is 33.3. The van der Waals surface area contributed by atoms with Gasteiger partial charge in [0, 0.05) is 16.6 Å². The van der Waals surface area contributed by atoms with Crippen molar-refractivity contribution in [3.63, 3.8) is 0 Å². The van der Waals surface area contributed by atoms with E-state index in [0.29, 0.717) is 5.75 Å². The molecule has 9 nitrogen and oxygen atoms in total. The SMILES string of the molecule is Cc1cc(OCC(=O)NNC(=O)COc2ccc([N+](=O)[O-])cc2)ccc1Br. The molecule has 2 rings (SSSR count). The van der Waals surface area contributed by atoms with Crippen LogP contribution in [0.5, 0.6) is 11.5 Å². The third kappa shape index (κ3) is 6.59. The molecule has 0 aromatic heterocycles. The van der Waals surface area contributed by atoms with E-state index in [1.165, 1.54) is 24.3 Å². The summed E-state index contributed by atoms with van der Waals surface area (Å²) in [5.41, 5.74) is 5.26. The van der Waals surface area contributed by atoms with Crippen LogP contribution in [0.4, 0.5) is 5.69 Å². The molecular weight excluding hydrogens is 422 g/mol. The summed E-state index contributed by atoms with van der Waals surface area (Å²) in [6.45, 7) is 1.25. The van der Waals surface area contributed by atoms with Crippen molar-refractivity contribution >= 4 is 33.4 Å². The molecular formula is C17H16BrN3O6. The molecule has 0 aliphatic carbocycles. The predicted octanol–water partition coefficient (Wildman–Crippen LogP) is 2.27. The summed E-state index contributed by atoms with van der Waals surface area (Å²) in [6.07, 6.45) is 0. The molecule has 0 saturated heterocycles. The number of hydrazine groups is 1. The van der Waals surface area contributed by atoms with Crippen LogP contribution in [-0.2, 0) is 9.59 Å². The average Bonchev–Trinajstić information content (AvgIpc) is 2.66. The van der Waals surface area contributed by atoms with E-state index in [0.717, 1.165) is 10.0 Å². The van der Waals surface area contributed by atoms with Crippen LogP contribution in [0, 0.1) is 17.0 Å². The maximum absolute atomic E-state index is 11.7. The number of hydrogen-bond acceptors (Lipinski definition) is 6. The molecule has 2 aromatic rings. The molecule has 0 fully saturated rings. The monoisotopic (exact) mass is 437 g/mol. The summed E-state index contributed by atoms with van der Waals surface area (Å²) >= 11 is 3.37. The number of non-ortho nitro benzene ring substituents is 1. The number of rotatable bonds is 7. The minimum atomic E-state index is -0.596. The highest BCUT2D eigenvalue weighted by Crippen LogP contribution is 2.21. The fourth-order valence-electron chi connectivity index (χ4n) is 1.88. The summed E-state index contributed by atoms with van der Waals surface area (Å²) in [5, 5.41) is 10.6. The van der Waals surface area contributed by atoms with Crippen LogP contribution in [-0.4, -0.2) is 30.0 Å². The Hall–Kier alpha value is -3.14. The third-order valence-electron chi connectivity index (χ3n) is 3.26. The first-order valence-electron chi connectivity index (χ1n) is 7.69. The normalized spacial score (nSPS) is 10.0. The van der Waals surface area contributed by atoms with Crippen LogP contribution in [0.25, 0.3) is 0 Å². The molecule has 2 amide bonds. The molecule has 0 spiro atoms. The first-order valence-corrected chi connectivity index (χ1v) is 8.48. The number of halogens is 1. The largest absolute Gasteiger partial charge is 0.484 e. The topological polar surface area (TPSA) is 120 Å². The Balaban J connectivity index is 1.69. The molecule has 2 N–H and O–H groups in total. The maximum Gasteiger partial charge on any atom is 0.276 e. The average molecular weight is 438 g/mol. The highest BCUT2D eigenvalue weighted by atomic mass is 79.9. The van der Waals surface area contributed by atoms with E-state index in [9.17, 15) is 19.7 Å². The predicted molar refractivity (Wildman–Crippen MR) is 99.3 cm³/mol. The Morgan fingerprint density at radius 2 is 1.52 bits per heavy atom. The van der Waals surface area contributed by atoms with Crippen molar-refractivity contribution in [3.05, 3.63) is 62.6 Å². The van der Waals surface area contributed by atoms with Gasteiger partial charge in [0.15, 0.2) is 13.2 Å². The number of ether oxygens (including phenoxy) is 2. The smallest absolute Gasteiger partial charge is 0.276 e. The number of hydrogen-bond donors (Lipinski definition) is 2. The van der Waals surface area contributed by atoms with Gasteiger partial charge in [0.2, 0.25) is 0 Å². The second-order valence-corrected chi connectivity index (χ2v) is 6.19. The quantitative estimate of drug-likeness (QED) is 0.506. The number of nitro groups is 1. The number of nitrogens with zero attached hydrogens (tertiary/aromatic N) is 1. The number of carbonyl (C=O) groups is 2. The van der Waals surface area contributed by atoms with Gasteiger partial charge in [-0.2, -0.15) is 0 Å². The molecule has 27 heavy (non-hydrogen) atoms. The Kier molecular flexibility index (Phi) is 7.12. The Morgan fingerprint density at radius 3 is 2.04 bits per heavy atom. The summed E-state index contributed by atoms with van der Waals surface area (Å²) in [6, 6.07) is 10.6. The summed E-state index contributed by atoms with van der Waals surface area (Å²) < 4.78 is 11.4. The molecule has 0 unspecified atom stereocenters. The molecule has 2 aromatic carbocycles. The van der Waals surface area contributed by atoms with Crippen molar-refractivity contribution < 1.29 is 24.0 Å². The lowest BCUT2D eigenvalue weighted by Gasteiger charge is -2.10. The number of carbonyl (C=O) groups excluding carboxylic acids is 2. The number of benzene rings is 2. The van der Waals surface area contributed by atoms with Gasteiger partial charge in [0.25, 0.3) is 17.5 Å². The van der Waals surface area contributed by atoms with Gasteiger partial charge in [0.05, 0.1) is 4.92 Å². The van der Waals surface area contributed by atoms with E-state index in [-0.39, 0.29) is 24.7 Å². The van der Waals surface area contributed by atoms with Crippen LogP contribution in [0.15, 0.2) is 46.9 Å². The van der Waals surface area contributed by atoms with Crippen molar-refractivity contribution in [2.75, 3.05) is 13.2 Å². The molecule has 0 saturated carbocycles. The van der Waals surface area contributed by atoms with Gasteiger partial charge in [-0.3, -0.25) is 30.6 Å². The van der Waals surface area contributed by atoms with Crippen molar-refractivity contribution in [1.82, 2.24) is 10.9 Å². The summed E-state index contributed by atoms with van der Waals surface area (Å²) in [7, 11) is 0. The summed E-state index contributed by atoms with van der Waals surface area (Å²) in [5.74, 6) is -0.324. The molecule has 0 aliphatic heterocycles. The zero-order valence-electron chi connectivity index (χ0n) is 14.2. The lowest BCUT2D eigenvalue weighted by atomic mass is 10.2. The lowest BCUT2D eigenvalue weighted by Crippen LogP contribution is -2.45. The molecule has 10 heteroatoms. The van der Waals surface area contributed by atoms with Crippen LogP contribution in [0.2, 0.25) is 0 Å². The molecule has 142 valence electrons. The Bertz CT molecular complexity index is 841. The van der Waals surface area contributed by atoms with Gasteiger partial charge in [0.1, 0.15) is 11.5 Å². The highest BCUT2D eigenvalue weighted by molar-refractivity contribution is 9.10. The van der Waals surface area contributed by atoms with E-state index in [4.69, 9.17) is 9.47 Å². The van der Waals surface area contributed by atoms with Gasteiger partial charge < -0.3 is 9.47 Å². The minimum absolute atomic E-state index is 0.0833. The molecule has 0 bridgehead atoms. The van der Waals surface area contributed by atoms with Crippen LogP contribution in [0.3, 0.4) is 0 Å². The lowest BCUT2D eigenvalue weighted by molar-refractivity contribution is -0.384. The van der Waals surface area contributed by atoms with Crippen LogP contribution >= 0.6 is 15.9 Å². The highest BCUT2D eigenvalue weighted by Gasteiger charge is 2.08. The first-order chi connectivity index (χ1) is 12.8. The Labute approximate surface area is 162 Å². The van der Waals surface area contributed by atoms with E-state index in [2.05, 4.69) is 26.8 Å². The maximum atomic E-state index is 11.7. The first kappa shape index (κ1) is 20.2. The zero-order chi connectivity index (χ0) is 19.8. The van der Waals surface area contributed by atoms with Crippen molar-refractivity contribution in [3.8, 4) is 11.5 Å². The number of amides is 2. The second-order valence-electron chi connectivity index (χ2n) is 5.34. The number of nitro benzene ring substituents is 1. The van der Waals surface area contributed by atoms with Gasteiger partial charge in [-0.05, 0) is 42.8 Å². The van der Waals surface area contributed by atoms with E-state index < -0.39 is 16.7 Å². The molecule has 0 radical (unpaired) electrons. The third-order valence-corrected chi connectivity index (χ3v) is 4.15. The zero-order valence-corrected chi connectivity index (χ0v) is 15.8. The van der Waals surface area contributed by atoms with Crippen LogP contribution < -0.4 is 20.3 Å². The van der Waals surface area contributed by atoms with Gasteiger partial charge in [-0.1, -0.05) is 15.9 Å². The fourth-order valence-corrected chi connectivity index (χ4v) is 2.13. The minimum Gasteiger partial charge on any atom is -0.484 e. The van der Waals surface area contributed by atoms with Crippen molar-refractivity contribution in [1.29, 1.82) is 0 Å². The van der Waals surface area contributed by atoms with E-state index >= 15 is 0 Å². The van der Waals surface area contributed by atoms with Gasteiger partial charge >= 0.3 is 0 Å². The fraction of sp³-hybridized carbons (Fsp3) is 0.176. The number of nitrogens with one attached hydrogen (secondary N) is 2. The van der Waals surface area contributed by atoms with Crippen molar-refractivity contribution in [2.45, 2.75) is 6.92 Å². The molecule has 0 aliphatic rings. The second kappa shape index (κ2) is 9.53. The Morgan fingerprint density at radius 1 is 1.00 bits per heavy atom. The standard InChI is InChI=1S/C17H16BrN3O6/c1-11-8-14(6-7-15(11)18)27-10-17(23)20-19-16(22)9-26-13-4-2-12(3-5-13)21(24)25/h2-8H,9-10H2,1H3,(H,19,22)(H,20,23). The molecule has 0 atom stereocenters. The van der Waals surface area contributed by atoms with E-state index in [1.807, 2.05) is 6.92 Å². The van der Waals surface area contributed by atoms with Gasteiger partial charge in [-0.25, -0.2) is 0 Å². The van der Waals surface area contributed by atoms with Crippen molar-refractivity contribution in [2.24, 2.45) is 0 Å². The van der Waals surface area contributed by atoms with E-state index in [1.54, 1.807) is 18.2 Å². The molecule has 0 heterocycles.